The summed E-state index contributed by atoms with van der Waals surface area (Å²) in [6, 6.07) is 25.2. The third-order valence-corrected chi connectivity index (χ3v) is 5.01. The van der Waals surface area contributed by atoms with Gasteiger partial charge in [0.05, 0.1) is 24.4 Å². The number of para-hydroxylation sites is 1. The quantitative estimate of drug-likeness (QED) is 0.593. The first-order valence-electron chi connectivity index (χ1n) is 9.88. The van der Waals surface area contributed by atoms with E-state index < -0.39 is 18.0 Å². The second-order valence-electron chi connectivity index (χ2n) is 6.99. The van der Waals surface area contributed by atoms with Crippen LogP contribution in [0.2, 0.25) is 0 Å². The molecule has 0 saturated carbocycles. The summed E-state index contributed by atoms with van der Waals surface area (Å²) >= 11 is 0. The monoisotopic (exact) mass is 414 g/mol. The number of amides is 2. The number of carbonyl (C=O) groups is 2. The first-order chi connectivity index (χ1) is 15.2. The summed E-state index contributed by atoms with van der Waals surface area (Å²) in [4.78, 5) is 25.3. The van der Waals surface area contributed by atoms with Gasteiger partial charge in [-0.3, -0.25) is 0 Å². The largest absolute Gasteiger partial charge is 0.489 e. The van der Waals surface area contributed by atoms with E-state index >= 15 is 0 Å². The molecule has 6 nitrogen and oxygen atoms in total. The molecule has 1 aliphatic heterocycles. The second kappa shape index (κ2) is 9.17. The van der Waals surface area contributed by atoms with Crippen LogP contribution in [0.15, 0.2) is 90.5 Å². The lowest BCUT2D eigenvalue weighted by Crippen LogP contribution is -2.45. The van der Waals surface area contributed by atoms with Gasteiger partial charge in [-0.15, -0.1) is 0 Å². The molecule has 4 rings (SSSR count). The molecule has 6 heteroatoms. The van der Waals surface area contributed by atoms with Crippen LogP contribution in [0.3, 0.4) is 0 Å². The fourth-order valence-electron chi connectivity index (χ4n) is 3.55. The summed E-state index contributed by atoms with van der Waals surface area (Å²) < 4.78 is 11.1. The molecule has 1 heterocycles. The van der Waals surface area contributed by atoms with Crippen LogP contribution in [0.4, 0.5) is 4.79 Å². The summed E-state index contributed by atoms with van der Waals surface area (Å²) in [5.41, 5.74) is 3.12. The van der Waals surface area contributed by atoms with Crippen LogP contribution in [-0.4, -0.2) is 19.1 Å². The van der Waals surface area contributed by atoms with Crippen LogP contribution >= 0.6 is 0 Å². The summed E-state index contributed by atoms with van der Waals surface area (Å²) in [7, 11) is 1.32. The summed E-state index contributed by atoms with van der Waals surface area (Å²) in [5.74, 6) is 0.0431. The normalized spacial score (nSPS) is 15.6. The van der Waals surface area contributed by atoms with Crippen molar-refractivity contribution in [2.45, 2.75) is 12.6 Å². The predicted molar refractivity (Wildman–Crippen MR) is 117 cm³/mol. The Labute approximate surface area is 180 Å². The third kappa shape index (κ3) is 4.43. The van der Waals surface area contributed by atoms with Gasteiger partial charge in [0, 0.05) is 5.56 Å². The Hall–Kier alpha value is -4.06. The van der Waals surface area contributed by atoms with Crippen LogP contribution in [0.5, 0.6) is 5.75 Å². The maximum absolute atomic E-state index is 12.8. The van der Waals surface area contributed by atoms with Crippen LogP contribution in [0.1, 0.15) is 22.7 Å². The Kier molecular flexibility index (Phi) is 5.98. The van der Waals surface area contributed by atoms with E-state index in [1.165, 1.54) is 7.11 Å². The van der Waals surface area contributed by atoms with Gasteiger partial charge >= 0.3 is 12.0 Å². The van der Waals surface area contributed by atoms with E-state index in [0.717, 1.165) is 5.56 Å². The lowest BCUT2D eigenvalue weighted by atomic mass is 9.92. The Balaban J connectivity index is 1.77. The third-order valence-electron chi connectivity index (χ3n) is 5.01. The highest BCUT2D eigenvalue weighted by atomic mass is 16.5. The molecule has 3 aromatic rings. The maximum Gasteiger partial charge on any atom is 0.338 e. The molecule has 31 heavy (non-hydrogen) atoms. The standard InChI is InChI=1S/C25H22N2O4/c1-30-24(28)21-22(18-12-6-3-7-13-18)26-25(29)27-23(21)19-14-8-9-15-20(19)31-16-17-10-4-2-5-11-17/h2-15,23H,16H2,1H3,(H2,26,27,29). The van der Waals surface area contributed by atoms with Crippen molar-refractivity contribution in [1.29, 1.82) is 0 Å². The van der Waals surface area contributed by atoms with E-state index in [0.29, 0.717) is 34.8 Å². The predicted octanol–water partition coefficient (Wildman–Crippen LogP) is 4.20. The van der Waals surface area contributed by atoms with Gasteiger partial charge in [-0.1, -0.05) is 78.9 Å². The van der Waals surface area contributed by atoms with E-state index in [1.54, 1.807) is 0 Å². The molecule has 0 aromatic heterocycles. The number of ether oxygens (including phenoxy) is 2. The van der Waals surface area contributed by atoms with Crippen molar-refractivity contribution >= 4 is 17.7 Å². The van der Waals surface area contributed by atoms with Crippen molar-refractivity contribution in [1.82, 2.24) is 10.6 Å². The summed E-state index contributed by atoms with van der Waals surface area (Å²) in [5, 5.41) is 5.61. The van der Waals surface area contributed by atoms with Crippen LogP contribution in [-0.2, 0) is 16.1 Å². The van der Waals surface area contributed by atoms with Crippen molar-refractivity contribution in [3.63, 3.8) is 0 Å². The van der Waals surface area contributed by atoms with Crippen molar-refractivity contribution in [2.75, 3.05) is 7.11 Å². The molecule has 2 amide bonds. The minimum absolute atomic E-state index is 0.309. The molecular formula is C25H22N2O4. The van der Waals surface area contributed by atoms with Gasteiger partial charge in [0.15, 0.2) is 0 Å². The molecule has 1 atom stereocenters. The minimum atomic E-state index is -0.733. The molecule has 0 spiro atoms. The van der Waals surface area contributed by atoms with E-state index in [-0.39, 0.29) is 0 Å². The fraction of sp³-hybridized carbons (Fsp3) is 0.120. The number of esters is 1. The van der Waals surface area contributed by atoms with Gasteiger partial charge < -0.3 is 20.1 Å². The molecule has 0 aliphatic carbocycles. The van der Waals surface area contributed by atoms with E-state index in [1.807, 2.05) is 84.9 Å². The first kappa shape index (κ1) is 20.2. The molecule has 0 bridgehead atoms. The van der Waals surface area contributed by atoms with Crippen molar-refractivity contribution in [2.24, 2.45) is 0 Å². The number of benzene rings is 3. The van der Waals surface area contributed by atoms with Gasteiger partial charge in [-0.25, -0.2) is 9.59 Å². The summed E-state index contributed by atoms with van der Waals surface area (Å²) in [6.45, 7) is 0.361. The zero-order chi connectivity index (χ0) is 21.6. The highest BCUT2D eigenvalue weighted by Crippen LogP contribution is 2.36. The highest BCUT2D eigenvalue weighted by Gasteiger charge is 2.35. The molecule has 0 radical (unpaired) electrons. The number of nitrogens with one attached hydrogen (secondary N) is 2. The Morgan fingerprint density at radius 2 is 1.55 bits per heavy atom. The van der Waals surface area contributed by atoms with Gasteiger partial charge in [0.2, 0.25) is 0 Å². The molecule has 1 unspecified atom stereocenters. The molecular weight excluding hydrogens is 392 g/mol. The number of carbonyl (C=O) groups excluding carboxylic acids is 2. The highest BCUT2D eigenvalue weighted by molar-refractivity contribution is 6.04. The second-order valence-corrected chi connectivity index (χ2v) is 6.99. The molecule has 0 saturated heterocycles. The smallest absolute Gasteiger partial charge is 0.338 e. The SMILES string of the molecule is COC(=O)C1=C(c2ccccc2)NC(=O)NC1c1ccccc1OCc1ccccc1. The average molecular weight is 414 g/mol. The summed E-state index contributed by atoms with van der Waals surface area (Å²) in [6.07, 6.45) is 0. The fourth-order valence-corrected chi connectivity index (χ4v) is 3.55. The number of hydrogen-bond acceptors (Lipinski definition) is 4. The van der Waals surface area contributed by atoms with Crippen LogP contribution in [0, 0.1) is 0 Å². The van der Waals surface area contributed by atoms with Crippen molar-refractivity contribution in [3.8, 4) is 5.75 Å². The van der Waals surface area contributed by atoms with Crippen molar-refractivity contribution < 1.29 is 19.1 Å². The number of hydrogen-bond donors (Lipinski definition) is 2. The average Bonchev–Trinajstić information content (AvgIpc) is 2.83. The van der Waals surface area contributed by atoms with Crippen LogP contribution < -0.4 is 15.4 Å². The Morgan fingerprint density at radius 3 is 2.26 bits per heavy atom. The van der Waals surface area contributed by atoms with Crippen molar-refractivity contribution in [3.05, 3.63) is 107 Å². The number of rotatable bonds is 6. The first-order valence-corrected chi connectivity index (χ1v) is 9.88. The minimum Gasteiger partial charge on any atom is -0.489 e. The lowest BCUT2D eigenvalue weighted by Gasteiger charge is -2.30. The lowest BCUT2D eigenvalue weighted by molar-refractivity contribution is -0.136. The number of urea groups is 1. The van der Waals surface area contributed by atoms with Gasteiger partial charge in [-0.2, -0.15) is 0 Å². The van der Waals surface area contributed by atoms with E-state index in [9.17, 15) is 9.59 Å². The van der Waals surface area contributed by atoms with E-state index in [4.69, 9.17) is 9.47 Å². The molecule has 0 fully saturated rings. The van der Waals surface area contributed by atoms with E-state index in [2.05, 4.69) is 10.6 Å². The maximum atomic E-state index is 12.8. The zero-order valence-corrected chi connectivity index (χ0v) is 17.0. The van der Waals surface area contributed by atoms with Crippen LogP contribution in [0.25, 0.3) is 5.70 Å². The molecule has 3 aromatic carbocycles. The Morgan fingerprint density at radius 1 is 0.903 bits per heavy atom. The van der Waals surface area contributed by atoms with Gasteiger partial charge in [-0.05, 0) is 17.2 Å². The zero-order valence-electron chi connectivity index (χ0n) is 17.0. The molecule has 2 N–H and O–H groups in total. The molecule has 1 aliphatic rings. The van der Waals surface area contributed by atoms with Gasteiger partial charge in [0.1, 0.15) is 12.4 Å². The number of methoxy groups -OCH3 is 1. The topological polar surface area (TPSA) is 76.7 Å². The molecule has 156 valence electrons. The van der Waals surface area contributed by atoms with Gasteiger partial charge in [0.25, 0.3) is 0 Å². The Bertz CT molecular complexity index is 1110.